The van der Waals surface area contributed by atoms with Crippen molar-refractivity contribution >= 4 is 11.6 Å². The van der Waals surface area contributed by atoms with E-state index in [0.717, 1.165) is 74.6 Å². The second kappa shape index (κ2) is 14.3. The maximum absolute atomic E-state index is 16.1. The first kappa shape index (κ1) is 35.5. The Bertz CT molecular complexity index is 2150. The predicted octanol–water partition coefficient (Wildman–Crippen LogP) is 6.24. The molecule has 11 nitrogen and oxygen atoms in total. The number of hydroxylamine groups is 1. The van der Waals surface area contributed by atoms with E-state index in [1.165, 1.54) is 12.4 Å². The molecule has 8 rings (SSSR count). The van der Waals surface area contributed by atoms with E-state index in [-0.39, 0.29) is 35.5 Å². The fourth-order valence-electron chi connectivity index (χ4n) is 8.45. The molecule has 278 valence electrons. The van der Waals surface area contributed by atoms with Gasteiger partial charge in [-0.25, -0.2) is 24.2 Å². The van der Waals surface area contributed by atoms with Gasteiger partial charge in [0.1, 0.15) is 30.0 Å². The van der Waals surface area contributed by atoms with Gasteiger partial charge in [-0.2, -0.15) is 10.1 Å². The third-order valence-corrected chi connectivity index (χ3v) is 11.9. The predicted molar refractivity (Wildman–Crippen MR) is 197 cm³/mol. The number of aliphatic hydroxyl groups is 1. The van der Waals surface area contributed by atoms with Crippen molar-refractivity contribution in [3.63, 3.8) is 0 Å². The number of aliphatic imine (C=N–C) groups is 1. The summed E-state index contributed by atoms with van der Waals surface area (Å²) < 4.78 is 31.0. The number of ether oxygens (including phenoxy) is 2. The second-order valence-corrected chi connectivity index (χ2v) is 15.1. The largest absolute Gasteiger partial charge is 0.441 e. The second-order valence-electron chi connectivity index (χ2n) is 15.1. The summed E-state index contributed by atoms with van der Waals surface area (Å²) in [5.41, 5.74) is 5.99. The van der Waals surface area contributed by atoms with Crippen LogP contribution in [0.4, 0.5) is 4.39 Å². The van der Waals surface area contributed by atoms with Crippen molar-refractivity contribution in [2.45, 2.75) is 116 Å². The number of hydrogen-bond donors (Lipinski definition) is 2. The van der Waals surface area contributed by atoms with E-state index < -0.39 is 17.8 Å². The van der Waals surface area contributed by atoms with Crippen molar-refractivity contribution in [1.82, 2.24) is 24.6 Å². The van der Waals surface area contributed by atoms with Crippen LogP contribution in [0.15, 0.2) is 58.6 Å². The SMILES string of the molecule is CCCc1c(Cc2ccc(-c3ccccc3C3=NC(OCC)ON3)cc2F)c(=O)n([C@H]2CC23CCC(C#COC(C)C2(O)CCC2)CC3)c2ncnn12. The molecule has 3 heterocycles. The van der Waals surface area contributed by atoms with Crippen molar-refractivity contribution in [2.24, 2.45) is 16.3 Å². The minimum absolute atomic E-state index is 0.000289. The van der Waals surface area contributed by atoms with Crippen molar-refractivity contribution in [3.8, 4) is 23.2 Å². The first-order valence-electron chi connectivity index (χ1n) is 19.1. The molecule has 4 aliphatic rings. The molecule has 53 heavy (non-hydrogen) atoms. The van der Waals surface area contributed by atoms with Crippen LogP contribution in [0, 0.1) is 29.2 Å². The quantitative estimate of drug-likeness (QED) is 0.174. The monoisotopic (exact) mass is 722 g/mol. The summed E-state index contributed by atoms with van der Waals surface area (Å²) in [5.74, 6) is 4.19. The number of aromatic nitrogens is 4. The molecule has 12 heteroatoms. The highest BCUT2D eigenvalue weighted by Gasteiger charge is 2.57. The number of hydrogen-bond acceptors (Lipinski definition) is 9. The van der Waals surface area contributed by atoms with Crippen molar-refractivity contribution in [1.29, 1.82) is 0 Å². The first-order valence-corrected chi connectivity index (χ1v) is 19.1. The van der Waals surface area contributed by atoms with Gasteiger partial charge in [0.05, 0.1) is 5.69 Å². The lowest BCUT2D eigenvalue weighted by Crippen LogP contribution is -2.47. The Labute approximate surface area is 308 Å². The van der Waals surface area contributed by atoms with Crippen LogP contribution in [-0.2, 0) is 27.2 Å². The van der Waals surface area contributed by atoms with E-state index in [1.807, 2.05) is 48.7 Å². The van der Waals surface area contributed by atoms with Crippen LogP contribution < -0.4 is 11.0 Å². The summed E-state index contributed by atoms with van der Waals surface area (Å²) >= 11 is 0. The van der Waals surface area contributed by atoms with Crippen molar-refractivity contribution in [2.75, 3.05) is 6.61 Å². The Balaban J connectivity index is 1.04. The maximum Gasteiger partial charge on any atom is 0.282 e. The van der Waals surface area contributed by atoms with E-state index in [0.29, 0.717) is 41.3 Å². The molecular weight excluding hydrogens is 675 g/mol. The van der Waals surface area contributed by atoms with E-state index >= 15 is 4.39 Å². The molecule has 3 saturated carbocycles. The molecule has 1 spiro atoms. The maximum atomic E-state index is 16.1. The van der Waals surface area contributed by atoms with Crippen LogP contribution in [-0.4, -0.2) is 54.8 Å². The Morgan fingerprint density at radius 2 is 1.92 bits per heavy atom. The summed E-state index contributed by atoms with van der Waals surface area (Å²) in [7, 11) is 0. The van der Waals surface area contributed by atoms with Gasteiger partial charge in [0.2, 0.25) is 5.78 Å². The smallest absolute Gasteiger partial charge is 0.282 e. The number of rotatable bonds is 11. The Hall–Kier alpha value is -4.57. The molecule has 0 radical (unpaired) electrons. The number of benzene rings is 2. The van der Waals surface area contributed by atoms with E-state index in [4.69, 9.17) is 14.3 Å². The van der Waals surface area contributed by atoms with Gasteiger partial charge in [0.25, 0.3) is 12.0 Å². The van der Waals surface area contributed by atoms with Gasteiger partial charge in [-0.05, 0) is 99.8 Å². The average molecular weight is 723 g/mol. The fraction of sp³-hybridized carbons (Fsp3) is 0.512. The molecule has 2 aromatic heterocycles. The van der Waals surface area contributed by atoms with Crippen LogP contribution >= 0.6 is 0 Å². The van der Waals surface area contributed by atoms with Gasteiger partial charge in [0, 0.05) is 36.1 Å². The minimum Gasteiger partial charge on any atom is -0.441 e. The Morgan fingerprint density at radius 3 is 2.64 bits per heavy atom. The lowest BCUT2D eigenvalue weighted by molar-refractivity contribution is -0.140. The van der Waals surface area contributed by atoms with Gasteiger partial charge < -0.3 is 14.6 Å². The molecule has 0 saturated heterocycles. The molecule has 0 bridgehead atoms. The van der Waals surface area contributed by atoms with E-state index in [2.05, 4.69) is 39.5 Å². The lowest BCUT2D eigenvalue weighted by Gasteiger charge is -2.39. The number of nitrogens with one attached hydrogen (secondary N) is 1. The normalized spacial score (nSPS) is 24.9. The summed E-state index contributed by atoms with van der Waals surface area (Å²) in [4.78, 5) is 29.1. The zero-order valence-electron chi connectivity index (χ0n) is 30.6. The third-order valence-electron chi connectivity index (χ3n) is 11.9. The molecule has 1 aliphatic heterocycles. The molecule has 2 aromatic carbocycles. The Morgan fingerprint density at radius 1 is 1.13 bits per heavy atom. The number of aryl methyl sites for hydroxylation is 1. The first-order chi connectivity index (χ1) is 25.7. The molecule has 2 N–H and O–H groups in total. The molecule has 2 unspecified atom stereocenters. The van der Waals surface area contributed by atoms with Crippen molar-refractivity contribution in [3.05, 3.63) is 87.3 Å². The molecule has 0 amide bonds. The Kier molecular flexibility index (Phi) is 9.60. The van der Waals surface area contributed by atoms with Crippen molar-refractivity contribution < 1.29 is 23.8 Å². The minimum atomic E-state index is -0.743. The molecule has 3 aliphatic carbocycles. The van der Waals surface area contributed by atoms with Gasteiger partial charge in [-0.3, -0.25) is 9.36 Å². The van der Waals surface area contributed by atoms with Crippen LogP contribution in [0.2, 0.25) is 0 Å². The molecular formula is C41H47FN6O5. The molecule has 4 aromatic rings. The van der Waals surface area contributed by atoms with Gasteiger partial charge in [0.15, 0.2) is 5.84 Å². The summed E-state index contributed by atoms with van der Waals surface area (Å²) in [6.07, 6.45) is 12.1. The summed E-state index contributed by atoms with van der Waals surface area (Å²) in [6.45, 7) is 6.28. The standard InChI is InChI=1S/C41H47FN6O5/c1-4-9-34-32(22-29-13-12-28(23-33(29)42)30-10-6-7-11-31(30)36-45-39(51-5-2)53-46-36)37(49)47(38-43-25-44-48(34)38)35-24-40(35)19-14-27(15-20-40)16-21-52-26(3)41(50)17-8-18-41/h6-7,10-13,23,25-27,35,39,50H,4-5,8-9,14-15,17-20,22,24H2,1-3H3,(H,45,46)/t26?,27?,35-,39?,40?/m0/s1. The summed E-state index contributed by atoms with van der Waals surface area (Å²) in [6, 6.07) is 12.8. The zero-order chi connectivity index (χ0) is 36.7. The zero-order valence-corrected chi connectivity index (χ0v) is 30.6. The van der Waals surface area contributed by atoms with E-state index in [9.17, 15) is 9.90 Å². The van der Waals surface area contributed by atoms with Crippen LogP contribution in [0.5, 0.6) is 0 Å². The highest BCUT2D eigenvalue weighted by Crippen LogP contribution is 2.64. The highest BCUT2D eigenvalue weighted by molar-refractivity contribution is 6.04. The fourth-order valence-corrected chi connectivity index (χ4v) is 8.45. The molecule has 3 atom stereocenters. The van der Waals surface area contributed by atoms with Crippen LogP contribution in [0.1, 0.15) is 107 Å². The van der Waals surface area contributed by atoms with Crippen LogP contribution in [0.3, 0.4) is 0 Å². The van der Waals surface area contributed by atoms with Gasteiger partial charge in [-0.1, -0.05) is 55.7 Å². The highest BCUT2D eigenvalue weighted by atomic mass is 19.1. The van der Waals surface area contributed by atoms with Crippen LogP contribution in [0.25, 0.3) is 16.9 Å². The lowest BCUT2D eigenvalue weighted by atomic mass is 9.76. The number of halogens is 1. The average Bonchev–Trinajstić information content (AvgIpc) is 3.44. The molecule has 3 fully saturated rings. The number of nitrogens with zero attached hydrogens (tertiary/aromatic N) is 5. The number of amidine groups is 1. The topological polar surface area (TPSA) is 124 Å². The summed E-state index contributed by atoms with van der Waals surface area (Å²) in [5, 5.41) is 15.1. The third kappa shape index (κ3) is 6.64. The van der Waals surface area contributed by atoms with Gasteiger partial charge in [-0.15, -0.1) is 0 Å². The number of fused-ring (bicyclic) bond motifs is 1. The van der Waals surface area contributed by atoms with Gasteiger partial charge >= 0.3 is 0 Å². The van der Waals surface area contributed by atoms with E-state index in [1.54, 1.807) is 10.6 Å².